The molecule has 0 aromatic heterocycles. The van der Waals surface area contributed by atoms with Crippen LogP contribution < -0.4 is 10.4 Å². The molecule has 3 rings (SSSR count). The summed E-state index contributed by atoms with van der Waals surface area (Å²) in [6, 6.07) is 30.6. The van der Waals surface area contributed by atoms with Crippen LogP contribution in [0.15, 0.2) is 91.0 Å². The molecule has 0 saturated carbocycles. The van der Waals surface area contributed by atoms with Crippen LogP contribution in [0.3, 0.4) is 0 Å². The van der Waals surface area contributed by atoms with Crippen LogP contribution in [-0.2, 0) is 20.5 Å². The molecule has 0 bridgehead atoms. The number of hydrogen-bond acceptors (Lipinski definition) is 4. The molecule has 0 radical (unpaired) electrons. The average Bonchev–Trinajstić information content (AvgIpc) is 2.82. The maximum absolute atomic E-state index is 12.9. The monoisotopic (exact) mass is 461 g/mol. The van der Waals surface area contributed by atoms with E-state index < -0.39 is 14.4 Å². The number of carbonyl (C=O) groups is 1. The zero-order valence-electron chi connectivity index (χ0n) is 20.3. The minimum Gasteiger partial charge on any atom is -0.468 e. The molecule has 5 heteroatoms. The summed E-state index contributed by atoms with van der Waals surface area (Å²) in [4.78, 5) is 14.9. The molecular weight excluding hydrogens is 426 g/mol. The fourth-order valence-corrected chi connectivity index (χ4v) is 9.02. The van der Waals surface area contributed by atoms with Crippen LogP contribution in [0.5, 0.6) is 0 Å². The van der Waals surface area contributed by atoms with Gasteiger partial charge < -0.3 is 9.16 Å². The number of esters is 1. The van der Waals surface area contributed by atoms with Gasteiger partial charge in [-0.25, -0.2) is 0 Å². The Kier molecular flexibility index (Phi) is 8.24. The summed E-state index contributed by atoms with van der Waals surface area (Å²) in [5.41, 5.74) is 1.14. The van der Waals surface area contributed by atoms with E-state index in [9.17, 15) is 4.79 Å². The van der Waals surface area contributed by atoms with E-state index in [2.05, 4.69) is 81.4 Å². The van der Waals surface area contributed by atoms with Gasteiger partial charge in [-0.05, 0) is 28.0 Å². The van der Waals surface area contributed by atoms with Crippen molar-refractivity contribution in [3.05, 3.63) is 96.6 Å². The Hall–Kier alpha value is -2.73. The van der Waals surface area contributed by atoms with Crippen LogP contribution in [0.4, 0.5) is 0 Å². The smallest absolute Gasteiger partial charge is 0.325 e. The van der Waals surface area contributed by atoms with Crippen molar-refractivity contribution in [3.8, 4) is 0 Å². The Morgan fingerprint density at radius 2 is 1.30 bits per heavy atom. The fourth-order valence-electron chi connectivity index (χ4n) is 4.46. The van der Waals surface area contributed by atoms with Crippen molar-refractivity contribution in [2.24, 2.45) is 0 Å². The molecule has 0 N–H and O–H groups in total. The molecule has 33 heavy (non-hydrogen) atoms. The van der Waals surface area contributed by atoms with Crippen molar-refractivity contribution >= 4 is 24.7 Å². The molecule has 4 nitrogen and oxygen atoms in total. The van der Waals surface area contributed by atoms with E-state index in [0.29, 0.717) is 6.54 Å². The molecule has 0 fully saturated rings. The predicted molar refractivity (Wildman–Crippen MR) is 137 cm³/mol. The highest BCUT2D eigenvalue weighted by molar-refractivity contribution is 6.99. The average molecular weight is 462 g/mol. The van der Waals surface area contributed by atoms with Gasteiger partial charge in [-0.1, -0.05) is 112 Å². The van der Waals surface area contributed by atoms with Gasteiger partial charge in [-0.2, -0.15) is 0 Å². The van der Waals surface area contributed by atoms with E-state index in [1.807, 2.05) is 42.3 Å². The Bertz CT molecular complexity index is 964. The lowest BCUT2D eigenvalue weighted by Crippen LogP contribution is -2.67. The highest BCUT2D eigenvalue weighted by Gasteiger charge is 2.50. The minimum atomic E-state index is -2.74. The van der Waals surface area contributed by atoms with Crippen molar-refractivity contribution in [1.29, 1.82) is 0 Å². The second kappa shape index (κ2) is 10.9. The van der Waals surface area contributed by atoms with E-state index in [1.54, 1.807) is 0 Å². The third-order valence-electron chi connectivity index (χ3n) is 6.15. The number of likely N-dealkylation sites (N-methyl/N-ethyl adjacent to an activating group) is 1. The molecule has 3 aromatic carbocycles. The minimum absolute atomic E-state index is 0.158. The molecule has 0 aliphatic heterocycles. The van der Waals surface area contributed by atoms with E-state index >= 15 is 0 Å². The normalized spacial score (nSPS) is 13.0. The lowest BCUT2D eigenvalue weighted by Gasteiger charge is -2.44. The molecule has 0 aliphatic carbocycles. The van der Waals surface area contributed by atoms with E-state index in [4.69, 9.17) is 9.16 Å². The van der Waals surface area contributed by atoms with Crippen LogP contribution in [-0.4, -0.2) is 46.0 Å². The molecule has 0 saturated heterocycles. The summed E-state index contributed by atoms with van der Waals surface area (Å²) in [7, 11) is 0.644. The van der Waals surface area contributed by atoms with E-state index in [0.717, 1.165) is 5.56 Å². The first kappa shape index (κ1) is 24.9. The molecule has 174 valence electrons. The Balaban J connectivity index is 1.99. The number of carbonyl (C=O) groups excluding carboxylic acids is 1. The van der Waals surface area contributed by atoms with Gasteiger partial charge in [0.1, 0.15) is 6.04 Å². The highest BCUT2D eigenvalue weighted by Crippen LogP contribution is 2.37. The third kappa shape index (κ3) is 5.61. The summed E-state index contributed by atoms with van der Waals surface area (Å²) >= 11 is 0. The number of nitrogens with zero attached hydrogens (tertiary/aromatic N) is 1. The maximum Gasteiger partial charge on any atom is 0.325 e. The molecular formula is C28H35NO3Si. The number of ether oxygens (including phenoxy) is 1. The van der Waals surface area contributed by atoms with Gasteiger partial charge in [0, 0.05) is 6.54 Å². The summed E-state index contributed by atoms with van der Waals surface area (Å²) < 4.78 is 12.2. The first-order valence-electron chi connectivity index (χ1n) is 11.4. The van der Waals surface area contributed by atoms with Crippen molar-refractivity contribution in [3.63, 3.8) is 0 Å². The Morgan fingerprint density at radius 1 is 0.848 bits per heavy atom. The van der Waals surface area contributed by atoms with Gasteiger partial charge in [0.2, 0.25) is 0 Å². The summed E-state index contributed by atoms with van der Waals surface area (Å²) in [6.45, 7) is 7.59. The first-order chi connectivity index (χ1) is 15.8. The first-order valence-corrected chi connectivity index (χ1v) is 13.3. The van der Waals surface area contributed by atoms with E-state index in [-0.39, 0.29) is 17.6 Å². The largest absolute Gasteiger partial charge is 0.468 e. The summed E-state index contributed by atoms with van der Waals surface area (Å²) in [5, 5.41) is 2.23. The molecule has 1 atom stereocenters. The SMILES string of the molecule is COC(=O)[C@H](CO[Si](c1ccccc1)(c1ccccc1)C(C)(C)C)N(C)Cc1ccccc1. The Morgan fingerprint density at radius 3 is 1.73 bits per heavy atom. The molecule has 0 unspecified atom stereocenters. The van der Waals surface area contributed by atoms with Crippen molar-refractivity contribution in [1.82, 2.24) is 4.90 Å². The van der Waals surface area contributed by atoms with Crippen molar-refractivity contribution in [2.75, 3.05) is 20.8 Å². The fraction of sp³-hybridized carbons (Fsp3) is 0.321. The van der Waals surface area contributed by atoms with Gasteiger partial charge >= 0.3 is 5.97 Å². The topological polar surface area (TPSA) is 38.8 Å². The number of rotatable bonds is 9. The lowest BCUT2D eigenvalue weighted by molar-refractivity contribution is -0.147. The second-order valence-electron chi connectivity index (χ2n) is 9.41. The van der Waals surface area contributed by atoms with Gasteiger partial charge in [0.15, 0.2) is 0 Å². The second-order valence-corrected chi connectivity index (χ2v) is 13.7. The van der Waals surface area contributed by atoms with Gasteiger partial charge in [0.05, 0.1) is 13.7 Å². The van der Waals surface area contributed by atoms with Crippen LogP contribution >= 0.6 is 0 Å². The van der Waals surface area contributed by atoms with Crippen LogP contribution in [0, 0.1) is 0 Å². The summed E-state index contributed by atoms with van der Waals surface area (Å²) in [5.74, 6) is -0.286. The molecule has 0 amide bonds. The number of methoxy groups -OCH3 is 1. The molecule has 0 heterocycles. The van der Waals surface area contributed by atoms with Crippen LogP contribution in [0.2, 0.25) is 5.04 Å². The van der Waals surface area contributed by atoms with Crippen molar-refractivity contribution in [2.45, 2.75) is 38.4 Å². The van der Waals surface area contributed by atoms with Crippen molar-refractivity contribution < 1.29 is 14.0 Å². The number of hydrogen-bond donors (Lipinski definition) is 0. The molecule has 3 aromatic rings. The molecule has 0 spiro atoms. The van der Waals surface area contributed by atoms with E-state index in [1.165, 1.54) is 17.5 Å². The summed E-state index contributed by atoms with van der Waals surface area (Å²) in [6.07, 6.45) is 0. The van der Waals surface area contributed by atoms with Crippen LogP contribution in [0.25, 0.3) is 0 Å². The standard InChI is InChI=1S/C28H35NO3Si/c1-28(2,3)33(24-17-11-7-12-18-24,25-19-13-8-14-20-25)32-22-26(27(30)31-5)29(4)21-23-15-9-6-10-16-23/h6-20,26H,21-22H2,1-5H3/t26-/m0/s1. The van der Waals surface area contributed by atoms with Gasteiger partial charge in [-0.15, -0.1) is 0 Å². The lowest BCUT2D eigenvalue weighted by atomic mass is 10.2. The zero-order valence-corrected chi connectivity index (χ0v) is 21.3. The van der Waals surface area contributed by atoms with Crippen LogP contribution in [0.1, 0.15) is 26.3 Å². The van der Waals surface area contributed by atoms with Gasteiger partial charge in [-0.3, -0.25) is 9.69 Å². The third-order valence-corrected chi connectivity index (χ3v) is 11.2. The highest BCUT2D eigenvalue weighted by atomic mass is 28.4. The quantitative estimate of drug-likeness (QED) is 0.353. The Labute approximate surface area is 199 Å². The zero-order chi connectivity index (χ0) is 23.9. The predicted octanol–water partition coefficient (Wildman–Crippen LogP) is 4.24. The number of benzene rings is 3. The van der Waals surface area contributed by atoms with Gasteiger partial charge in [0.25, 0.3) is 8.32 Å². The molecule has 0 aliphatic rings. The maximum atomic E-state index is 12.9.